The van der Waals surface area contributed by atoms with Crippen molar-refractivity contribution < 1.29 is 23.5 Å². The van der Waals surface area contributed by atoms with Gasteiger partial charge in [0, 0.05) is 46.1 Å². The summed E-state index contributed by atoms with van der Waals surface area (Å²) in [5.74, 6) is -1.09. The van der Waals surface area contributed by atoms with E-state index in [0.29, 0.717) is 19.4 Å². The van der Waals surface area contributed by atoms with E-state index in [2.05, 4.69) is 12.2 Å². The number of esters is 1. The van der Waals surface area contributed by atoms with Gasteiger partial charge >= 0.3 is 5.97 Å². The molecule has 6 atom stereocenters. The van der Waals surface area contributed by atoms with Crippen LogP contribution in [0.5, 0.6) is 0 Å². The lowest BCUT2D eigenvalue weighted by molar-refractivity contribution is -0.164. The molecule has 2 amide bonds. The van der Waals surface area contributed by atoms with E-state index in [1.807, 2.05) is 49.1 Å². The highest BCUT2D eigenvalue weighted by Crippen LogP contribution is 2.38. The Morgan fingerprint density at radius 3 is 2.33 bits per heavy atom. The van der Waals surface area contributed by atoms with E-state index in [-0.39, 0.29) is 42.7 Å². The molecule has 1 aromatic rings. The second kappa shape index (κ2) is 14.3. The molecule has 8 heteroatoms. The second-order valence-electron chi connectivity index (χ2n) is 10.2. The molecule has 0 aliphatic carbocycles. The molecule has 7 nitrogen and oxygen atoms in total. The average molecular weight is 506 g/mol. The Morgan fingerprint density at radius 2 is 1.78 bits per heavy atom. The number of hydrogen-bond donors (Lipinski definition) is 1. The highest BCUT2D eigenvalue weighted by Gasteiger charge is 2.49. The summed E-state index contributed by atoms with van der Waals surface area (Å²) in [7, 11) is 3.43. The molecule has 1 fully saturated rings. The lowest BCUT2D eigenvalue weighted by Crippen LogP contribution is -2.47. The maximum Gasteiger partial charge on any atom is 0.325 e. The number of alkyl halides is 1. The highest BCUT2D eigenvalue weighted by molar-refractivity contribution is 5.83. The van der Waals surface area contributed by atoms with Gasteiger partial charge in [-0.05, 0) is 44.1 Å². The number of nitrogens with zero attached hydrogens (tertiary/aromatic N) is 2. The molecule has 1 N–H and O–H groups in total. The third kappa shape index (κ3) is 8.29. The lowest BCUT2D eigenvalue weighted by atomic mass is 9.84. The van der Waals surface area contributed by atoms with Crippen LogP contribution < -0.4 is 5.32 Å². The first-order chi connectivity index (χ1) is 17.1. The summed E-state index contributed by atoms with van der Waals surface area (Å²) in [4.78, 5) is 41.9. The number of amides is 2. The van der Waals surface area contributed by atoms with E-state index >= 15 is 0 Å². The molecular weight excluding hydrogens is 461 g/mol. The maximum atomic E-state index is 14.3. The third-order valence-electron chi connectivity index (χ3n) is 7.11. The summed E-state index contributed by atoms with van der Waals surface area (Å²) in [5, 5.41) is 3.01. The second-order valence-corrected chi connectivity index (χ2v) is 10.2. The molecule has 0 saturated carbocycles. The van der Waals surface area contributed by atoms with Gasteiger partial charge in [-0.15, -0.1) is 0 Å². The molecule has 2 rings (SSSR count). The minimum absolute atomic E-state index is 0.0545. The zero-order valence-electron chi connectivity index (χ0n) is 22.7. The summed E-state index contributed by atoms with van der Waals surface area (Å²) in [5.41, 5.74) is 1.01. The Hall–Kier alpha value is -2.48. The number of halogens is 1. The highest BCUT2D eigenvalue weighted by atomic mass is 19.1. The van der Waals surface area contributed by atoms with Crippen molar-refractivity contribution in [1.29, 1.82) is 0 Å². The van der Waals surface area contributed by atoms with Crippen LogP contribution in [0, 0.1) is 11.8 Å². The molecule has 1 saturated heterocycles. The van der Waals surface area contributed by atoms with E-state index in [1.54, 1.807) is 19.0 Å². The van der Waals surface area contributed by atoms with Gasteiger partial charge < -0.3 is 15.0 Å². The van der Waals surface area contributed by atoms with E-state index in [1.165, 1.54) is 6.92 Å². The van der Waals surface area contributed by atoms with Crippen LogP contribution in [0.2, 0.25) is 0 Å². The number of rotatable bonds is 13. The molecule has 0 radical (unpaired) electrons. The van der Waals surface area contributed by atoms with Crippen molar-refractivity contribution in [2.24, 2.45) is 11.8 Å². The fraction of sp³-hybridized carbons (Fsp3) is 0.679. The van der Waals surface area contributed by atoms with Gasteiger partial charge in [0.15, 0.2) is 0 Å². The van der Waals surface area contributed by atoms with Crippen molar-refractivity contribution in [2.45, 2.75) is 97.2 Å². The first-order valence-corrected chi connectivity index (χ1v) is 13.2. The van der Waals surface area contributed by atoms with Crippen LogP contribution in [0.1, 0.15) is 71.8 Å². The van der Waals surface area contributed by atoms with Crippen molar-refractivity contribution in [2.75, 3.05) is 14.1 Å². The van der Waals surface area contributed by atoms with Crippen LogP contribution in [-0.4, -0.2) is 66.2 Å². The molecule has 3 unspecified atom stereocenters. The Kier molecular flexibility index (Phi) is 11.8. The lowest BCUT2D eigenvalue weighted by Gasteiger charge is -2.35. The molecule has 0 aromatic heterocycles. The smallest absolute Gasteiger partial charge is 0.325 e. The Bertz CT molecular complexity index is 850. The van der Waals surface area contributed by atoms with E-state index in [4.69, 9.17) is 4.74 Å². The fourth-order valence-corrected chi connectivity index (χ4v) is 5.33. The fourth-order valence-electron chi connectivity index (χ4n) is 5.33. The maximum absolute atomic E-state index is 14.3. The number of hydrogen-bond acceptors (Lipinski definition) is 5. The van der Waals surface area contributed by atoms with Crippen molar-refractivity contribution in [3.05, 3.63) is 35.9 Å². The van der Waals surface area contributed by atoms with Crippen LogP contribution >= 0.6 is 0 Å². The van der Waals surface area contributed by atoms with Crippen LogP contribution in [0.3, 0.4) is 0 Å². The standard InChI is InChI=1S/C28H44FN3O4/c1-7-12-22(19(3)30-20(4)33)16-24-23(27(34)31(5)6)17-25(28(35)36-26(29)13-8-2)32(24)18-21-14-10-9-11-15-21/h9-11,14-15,19,22-26H,7-8,12-13,16-18H2,1-6H3,(H,30,33)/t19?,22?,23-,24-,25-,26?/m1/s1. The number of likely N-dealkylation sites (tertiary alicyclic amines) is 1. The van der Waals surface area contributed by atoms with Crippen LogP contribution in [-0.2, 0) is 25.7 Å². The summed E-state index contributed by atoms with van der Waals surface area (Å²) in [6.45, 7) is 7.88. The molecule has 1 aliphatic heterocycles. The van der Waals surface area contributed by atoms with E-state index in [9.17, 15) is 18.8 Å². The van der Waals surface area contributed by atoms with Crippen molar-refractivity contribution in [3.8, 4) is 0 Å². The largest absolute Gasteiger partial charge is 0.430 e. The quantitative estimate of drug-likeness (QED) is 0.404. The Balaban J connectivity index is 2.45. The summed E-state index contributed by atoms with van der Waals surface area (Å²) in [6, 6.07) is 8.72. The zero-order valence-corrected chi connectivity index (χ0v) is 22.7. The monoisotopic (exact) mass is 505 g/mol. The van der Waals surface area contributed by atoms with Crippen LogP contribution in [0.15, 0.2) is 30.3 Å². The zero-order chi connectivity index (χ0) is 26.8. The normalized spacial score (nSPS) is 22.5. The minimum Gasteiger partial charge on any atom is -0.430 e. The summed E-state index contributed by atoms with van der Waals surface area (Å²) in [6.07, 6.45) is 1.76. The van der Waals surface area contributed by atoms with Crippen molar-refractivity contribution in [1.82, 2.24) is 15.1 Å². The summed E-state index contributed by atoms with van der Waals surface area (Å²) < 4.78 is 19.5. The van der Waals surface area contributed by atoms with Crippen molar-refractivity contribution >= 4 is 17.8 Å². The molecule has 0 bridgehead atoms. The molecule has 0 spiro atoms. The van der Waals surface area contributed by atoms with E-state index in [0.717, 1.165) is 18.4 Å². The van der Waals surface area contributed by atoms with Crippen LogP contribution in [0.25, 0.3) is 0 Å². The van der Waals surface area contributed by atoms with Gasteiger partial charge in [0.2, 0.25) is 18.2 Å². The number of ether oxygens (including phenoxy) is 1. The third-order valence-corrected chi connectivity index (χ3v) is 7.11. The van der Waals surface area contributed by atoms with Crippen molar-refractivity contribution in [3.63, 3.8) is 0 Å². The number of carbonyl (C=O) groups excluding carboxylic acids is 3. The SMILES string of the molecule is CCCC(F)OC(=O)[C@H]1C[C@@H](C(=O)N(C)C)[C@@H](CC(CCC)C(C)NC(C)=O)N1Cc1ccccc1. The number of benzene rings is 1. The molecular formula is C28H44FN3O4. The topological polar surface area (TPSA) is 79.0 Å². The molecule has 1 heterocycles. The van der Waals surface area contributed by atoms with Gasteiger partial charge in [-0.1, -0.05) is 50.6 Å². The first kappa shape index (κ1) is 29.7. The molecule has 202 valence electrons. The molecule has 36 heavy (non-hydrogen) atoms. The van der Waals surface area contributed by atoms with Gasteiger partial charge in [-0.25, -0.2) is 4.39 Å². The van der Waals surface area contributed by atoms with Gasteiger partial charge in [0.25, 0.3) is 0 Å². The molecule has 1 aromatic carbocycles. The average Bonchev–Trinajstić information content (AvgIpc) is 3.16. The number of nitrogens with one attached hydrogen (secondary N) is 1. The van der Waals surface area contributed by atoms with Gasteiger partial charge in [0.1, 0.15) is 6.04 Å². The predicted molar refractivity (Wildman–Crippen MR) is 139 cm³/mol. The minimum atomic E-state index is -1.66. The summed E-state index contributed by atoms with van der Waals surface area (Å²) >= 11 is 0. The van der Waals surface area contributed by atoms with Crippen LogP contribution in [0.4, 0.5) is 4.39 Å². The molecule has 1 aliphatic rings. The number of carbonyl (C=O) groups is 3. The Labute approximate surface area is 215 Å². The van der Waals surface area contributed by atoms with Gasteiger partial charge in [-0.3, -0.25) is 19.3 Å². The van der Waals surface area contributed by atoms with E-state index < -0.39 is 24.3 Å². The van der Waals surface area contributed by atoms with Gasteiger partial charge in [0.05, 0.1) is 5.92 Å². The Morgan fingerprint density at radius 1 is 1.14 bits per heavy atom. The van der Waals surface area contributed by atoms with Gasteiger partial charge in [-0.2, -0.15) is 0 Å². The predicted octanol–water partition coefficient (Wildman–Crippen LogP) is 4.30. The first-order valence-electron chi connectivity index (χ1n) is 13.2.